The molecule has 0 aromatic carbocycles. The van der Waals surface area contributed by atoms with Crippen LogP contribution in [0.15, 0.2) is 12.3 Å². The molecular weight excluding hydrogens is 342 g/mol. The monoisotopic (exact) mass is 361 g/mol. The van der Waals surface area contributed by atoms with Gasteiger partial charge in [0.15, 0.2) is 11.9 Å². The van der Waals surface area contributed by atoms with Crippen LogP contribution in [0.1, 0.15) is 18.7 Å². The summed E-state index contributed by atoms with van der Waals surface area (Å²) in [7, 11) is 1.65. The number of amides is 1. The number of hydrogen-bond acceptors (Lipinski definition) is 8. The van der Waals surface area contributed by atoms with Crippen molar-refractivity contribution in [3.63, 3.8) is 0 Å². The fourth-order valence-corrected chi connectivity index (χ4v) is 3.40. The van der Waals surface area contributed by atoms with E-state index in [1.807, 2.05) is 0 Å². The molecule has 10 heteroatoms. The highest BCUT2D eigenvalue weighted by atomic mass is 16.6. The lowest BCUT2D eigenvalue weighted by Gasteiger charge is -2.27. The Labute approximate surface area is 148 Å². The molecule has 138 valence electrons. The van der Waals surface area contributed by atoms with Crippen LogP contribution in [0.3, 0.4) is 0 Å². The second-order valence-electron chi connectivity index (χ2n) is 6.54. The first-order chi connectivity index (χ1) is 12.4. The van der Waals surface area contributed by atoms with Gasteiger partial charge >= 0.3 is 0 Å². The van der Waals surface area contributed by atoms with Gasteiger partial charge in [-0.15, -0.1) is 0 Å². The number of nitrogens with one attached hydrogen (secondary N) is 2. The Morgan fingerprint density at radius 3 is 2.85 bits per heavy atom. The predicted octanol–water partition coefficient (Wildman–Crippen LogP) is -0.560. The molecule has 0 radical (unpaired) electrons. The molecule has 0 unspecified atom stereocenters. The molecule has 1 amide bonds. The Balaban J connectivity index is 1.94. The lowest BCUT2D eigenvalue weighted by atomic mass is 9.96. The molecule has 0 spiro atoms. The second-order valence-corrected chi connectivity index (χ2v) is 6.54. The number of rotatable bonds is 3. The minimum absolute atomic E-state index is 0.275. The number of anilines is 2. The Kier molecular flexibility index (Phi) is 3.74. The first-order valence-electron chi connectivity index (χ1n) is 8.13. The average molecular weight is 361 g/mol. The Morgan fingerprint density at radius 2 is 2.19 bits per heavy atom. The molecule has 4 atom stereocenters. The van der Waals surface area contributed by atoms with Gasteiger partial charge in [-0.2, -0.15) is 9.97 Å². The van der Waals surface area contributed by atoms with Crippen LogP contribution >= 0.6 is 0 Å². The topological polar surface area (TPSA) is 142 Å². The van der Waals surface area contributed by atoms with Crippen molar-refractivity contribution in [3.8, 4) is 0 Å². The molecule has 2 aromatic rings. The van der Waals surface area contributed by atoms with E-state index in [0.717, 1.165) is 0 Å². The molecule has 26 heavy (non-hydrogen) atoms. The summed E-state index contributed by atoms with van der Waals surface area (Å²) in [5.41, 5.74) is -0.576. The molecule has 2 aromatic heterocycles. The van der Waals surface area contributed by atoms with Crippen molar-refractivity contribution in [3.05, 3.63) is 17.8 Å². The maximum atomic E-state index is 11.8. The first kappa shape index (κ1) is 16.9. The van der Waals surface area contributed by atoms with Gasteiger partial charge in [0.1, 0.15) is 23.6 Å². The van der Waals surface area contributed by atoms with Gasteiger partial charge in [-0.25, -0.2) is 0 Å². The minimum atomic E-state index is -1.65. The molecule has 5 N–H and O–H groups in total. The summed E-state index contributed by atoms with van der Waals surface area (Å²) in [6.07, 6.45) is 1.48. The van der Waals surface area contributed by atoms with E-state index < -0.39 is 30.6 Å². The van der Waals surface area contributed by atoms with E-state index in [9.17, 15) is 20.1 Å². The quantitative estimate of drug-likeness (QED) is 0.490. The molecule has 1 saturated heterocycles. The van der Waals surface area contributed by atoms with Crippen LogP contribution in [-0.4, -0.2) is 67.2 Å². The van der Waals surface area contributed by atoms with E-state index in [0.29, 0.717) is 22.4 Å². The maximum Gasteiger partial charge on any atom is 0.249 e. The van der Waals surface area contributed by atoms with Gasteiger partial charge in [0.05, 0.1) is 12.0 Å². The van der Waals surface area contributed by atoms with Gasteiger partial charge in [-0.1, -0.05) is 0 Å². The lowest BCUT2D eigenvalue weighted by Crippen LogP contribution is -2.44. The second kappa shape index (κ2) is 5.74. The third-order valence-corrected chi connectivity index (χ3v) is 4.77. The number of carbonyl (C=O) groups excluding carboxylic acids is 1. The zero-order valence-corrected chi connectivity index (χ0v) is 14.2. The largest absolute Gasteiger partial charge is 0.394 e. The summed E-state index contributed by atoms with van der Waals surface area (Å²) >= 11 is 0. The van der Waals surface area contributed by atoms with Crippen LogP contribution in [0.4, 0.5) is 11.8 Å². The van der Waals surface area contributed by atoms with Crippen molar-refractivity contribution in [2.75, 3.05) is 24.3 Å². The zero-order valence-electron chi connectivity index (χ0n) is 14.2. The summed E-state index contributed by atoms with van der Waals surface area (Å²) in [5.74, 6) is 0.298. The van der Waals surface area contributed by atoms with Crippen LogP contribution in [-0.2, 0) is 9.53 Å². The maximum absolute atomic E-state index is 11.8. The Hall–Kier alpha value is -2.53. The molecule has 2 aliphatic heterocycles. The molecule has 2 aliphatic rings. The Morgan fingerprint density at radius 1 is 1.42 bits per heavy atom. The number of aliphatic hydroxyl groups excluding tert-OH is 2. The minimum Gasteiger partial charge on any atom is -0.394 e. The van der Waals surface area contributed by atoms with Gasteiger partial charge in [-0.05, 0) is 13.0 Å². The van der Waals surface area contributed by atoms with E-state index in [1.54, 1.807) is 23.9 Å². The van der Waals surface area contributed by atoms with Crippen molar-refractivity contribution in [1.82, 2.24) is 14.5 Å². The fourth-order valence-electron chi connectivity index (χ4n) is 3.40. The van der Waals surface area contributed by atoms with Crippen LogP contribution in [0, 0.1) is 0 Å². The van der Waals surface area contributed by atoms with E-state index in [2.05, 4.69) is 20.6 Å². The molecule has 10 nitrogen and oxygen atoms in total. The highest BCUT2D eigenvalue weighted by Crippen LogP contribution is 2.42. The normalized spacial score (nSPS) is 30.5. The van der Waals surface area contributed by atoms with E-state index >= 15 is 0 Å². The van der Waals surface area contributed by atoms with Crippen LogP contribution in [0.5, 0.6) is 0 Å². The third kappa shape index (κ3) is 2.31. The van der Waals surface area contributed by atoms with Gasteiger partial charge in [0.2, 0.25) is 11.9 Å². The fraction of sp³-hybridized carbons (Fsp3) is 0.438. The number of carbonyl (C=O) groups is 1. The lowest BCUT2D eigenvalue weighted by molar-refractivity contribution is -0.111. The van der Waals surface area contributed by atoms with Crippen molar-refractivity contribution in [2.24, 2.45) is 0 Å². The highest BCUT2D eigenvalue weighted by Gasteiger charge is 2.53. The molecule has 0 bridgehead atoms. The average Bonchev–Trinajstić information content (AvgIpc) is 3.01. The summed E-state index contributed by atoms with van der Waals surface area (Å²) in [5, 5.41) is 36.6. The summed E-state index contributed by atoms with van der Waals surface area (Å²) in [6, 6.07) is 0. The van der Waals surface area contributed by atoms with Crippen molar-refractivity contribution < 1.29 is 24.9 Å². The predicted molar refractivity (Wildman–Crippen MR) is 92.4 cm³/mol. The van der Waals surface area contributed by atoms with Crippen molar-refractivity contribution in [1.29, 1.82) is 0 Å². The van der Waals surface area contributed by atoms with Crippen LogP contribution in [0.2, 0.25) is 0 Å². The summed E-state index contributed by atoms with van der Waals surface area (Å²) in [4.78, 5) is 20.6. The van der Waals surface area contributed by atoms with Crippen molar-refractivity contribution >= 4 is 34.8 Å². The van der Waals surface area contributed by atoms with E-state index in [4.69, 9.17) is 4.74 Å². The number of aliphatic hydroxyl groups is 3. The highest BCUT2D eigenvalue weighted by molar-refractivity contribution is 6.11. The van der Waals surface area contributed by atoms with E-state index in [1.165, 1.54) is 13.0 Å². The summed E-state index contributed by atoms with van der Waals surface area (Å²) in [6.45, 7) is 1.01. The number of hydrogen-bond donors (Lipinski definition) is 5. The molecule has 1 fully saturated rings. The van der Waals surface area contributed by atoms with Gasteiger partial charge in [0.25, 0.3) is 0 Å². The van der Waals surface area contributed by atoms with Crippen LogP contribution in [0.25, 0.3) is 17.1 Å². The van der Waals surface area contributed by atoms with Crippen molar-refractivity contribution in [2.45, 2.75) is 31.0 Å². The van der Waals surface area contributed by atoms with Gasteiger partial charge in [0, 0.05) is 24.9 Å². The molecule has 0 aliphatic carbocycles. The van der Waals surface area contributed by atoms with E-state index in [-0.39, 0.29) is 11.9 Å². The third-order valence-electron chi connectivity index (χ3n) is 4.77. The molecule has 4 heterocycles. The first-order valence-corrected chi connectivity index (χ1v) is 8.13. The van der Waals surface area contributed by atoms with Crippen LogP contribution < -0.4 is 10.6 Å². The number of ether oxygens (including phenoxy) is 1. The zero-order chi connectivity index (χ0) is 18.6. The Bertz CT molecular complexity index is 921. The smallest absolute Gasteiger partial charge is 0.249 e. The molecule has 4 rings (SSSR count). The summed E-state index contributed by atoms with van der Waals surface area (Å²) < 4.78 is 7.28. The standard InChI is InChI=1S/C16H19N5O5/c1-16(25)11(24)8(6-22)26-14(16)21-5-7-3-4-9(23)18-12-10(7)13(21)20-15(17-2)19-12/h3-5,8,11,14,22,24-25H,6H2,1-2H3,(H2,17,18,19,20,23)/t8-,11-,14-,16-/m1/s1. The number of aromatic nitrogens is 3. The van der Waals surface area contributed by atoms with Gasteiger partial charge < -0.3 is 35.3 Å². The van der Waals surface area contributed by atoms with Gasteiger partial charge in [-0.3, -0.25) is 4.79 Å². The molecular formula is C16H19N5O5. The number of nitrogens with zero attached hydrogens (tertiary/aromatic N) is 3. The molecule has 0 saturated carbocycles. The SMILES string of the molecule is CNc1nc2c3c(cn([C@@H]4O[C@H](CO)[C@@H](O)[C@@]4(C)O)c3n1)C=CC(=O)N2.